The normalized spacial score (nSPS) is 21.5. The summed E-state index contributed by atoms with van der Waals surface area (Å²) in [5, 5.41) is 6.52. The minimum Gasteiger partial charge on any atom is -0.384 e. The van der Waals surface area contributed by atoms with Crippen LogP contribution >= 0.6 is 0 Å². The molecule has 3 atom stereocenters. The molecule has 0 radical (unpaired) electrons. The quantitative estimate of drug-likeness (QED) is 0.132. The summed E-state index contributed by atoms with van der Waals surface area (Å²) in [6, 6.07) is 21.5. The van der Waals surface area contributed by atoms with Gasteiger partial charge in [0.25, 0.3) is 5.91 Å². The molecule has 5 aromatic rings. The Morgan fingerprint density at radius 3 is 2.40 bits per heavy atom. The van der Waals surface area contributed by atoms with E-state index in [1.54, 1.807) is 12.1 Å². The predicted molar refractivity (Wildman–Crippen MR) is 245 cm³/mol. The van der Waals surface area contributed by atoms with Gasteiger partial charge >= 0.3 is 0 Å². The highest BCUT2D eigenvalue weighted by molar-refractivity contribution is 6.01. The first-order chi connectivity index (χ1) is 30.5. The third-order valence-corrected chi connectivity index (χ3v) is 14.2. The van der Waals surface area contributed by atoms with Crippen LogP contribution in [-0.4, -0.2) is 111 Å². The number of nitrogen functional groups attached to an aromatic ring is 1. The number of hydrogen-bond acceptors (Lipinski definition) is 10. The highest BCUT2D eigenvalue weighted by Crippen LogP contribution is 2.36. The van der Waals surface area contributed by atoms with E-state index >= 15 is 4.39 Å². The van der Waals surface area contributed by atoms with E-state index in [1.165, 1.54) is 17.3 Å². The Morgan fingerprint density at radius 2 is 1.70 bits per heavy atom. The SMILES string of the molecule is C[C@H]1CN(c2ccc(NC3CCC(=O)NC3=O)cc2F)CCN1CC1CCN(C(=O)c2ccc(C3CCN([C@@H](C)c4cc5c(-c6ccc(N)nc6)ccnc5n4C)CC3)cc2)CC1. The fourth-order valence-corrected chi connectivity index (χ4v) is 10.4. The van der Waals surface area contributed by atoms with Crippen molar-refractivity contribution in [2.75, 3.05) is 68.3 Å². The second kappa shape index (κ2) is 18.1. The fourth-order valence-electron chi connectivity index (χ4n) is 10.4. The van der Waals surface area contributed by atoms with Gasteiger partial charge in [0, 0.05) is 105 Å². The number of likely N-dealkylation sites (tertiary alicyclic amines) is 2. The van der Waals surface area contributed by atoms with Crippen LogP contribution in [0.2, 0.25) is 0 Å². The number of piperazine rings is 1. The number of benzene rings is 2. The molecular formula is C49H59FN10O3. The number of aryl methyl sites for hydroxylation is 1. The monoisotopic (exact) mass is 854 g/mol. The van der Waals surface area contributed by atoms with Crippen molar-refractivity contribution in [1.29, 1.82) is 0 Å². The molecule has 13 nitrogen and oxygen atoms in total. The number of rotatable bonds is 10. The molecule has 0 bridgehead atoms. The lowest BCUT2D eigenvalue weighted by Crippen LogP contribution is -2.54. The number of amides is 3. The highest BCUT2D eigenvalue weighted by atomic mass is 19.1. The van der Waals surface area contributed by atoms with E-state index in [9.17, 15) is 14.4 Å². The average molecular weight is 855 g/mol. The largest absolute Gasteiger partial charge is 0.384 e. The molecule has 7 heterocycles. The standard InChI is InChI=1S/C49H59FN10O3/c1-31-29-60(43-11-9-38(26-41(43)50)54-42-10-13-46(61)55-48(42)62)25-24-59(31)30-33-15-20-58(21-16-33)49(63)36-6-4-34(5-7-36)35-17-22-57(23-18-35)32(2)44-27-40-39(14-19-52-47(40)56(44)3)37-8-12-45(51)53-28-37/h4-9,11-12,14,19,26-28,31-33,35,42,54H,10,13,15-18,20-25,29-30H2,1-3H3,(H2,51,53)(H,55,61,62)/t31-,32-,42?/m0/s1. The average Bonchev–Trinajstić information content (AvgIpc) is 3.64. The molecule has 0 saturated carbocycles. The molecule has 2 aromatic carbocycles. The first kappa shape index (κ1) is 42.4. The Kier molecular flexibility index (Phi) is 12.2. The topological polar surface area (TPSA) is 145 Å². The van der Waals surface area contributed by atoms with Gasteiger partial charge in [0.2, 0.25) is 11.8 Å². The molecule has 4 saturated heterocycles. The smallest absolute Gasteiger partial charge is 0.253 e. The van der Waals surface area contributed by atoms with E-state index in [-0.39, 0.29) is 42.0 Å². The summed E-state index contributed by atoms with van der Waals surface area (Å²) in [6.45, 7) is 11.3. The van der Waals surface area contributed by atoms with E-state index in [0.29, 0.717) is 35.4 Å². The van der Waals surface area contributed by atoms with Gasteiger partial charge < -0.3 is 25.4 Å². The van der Waals surface area contributed by atoms with Gasteiger partial charge in [-0.25, -0.2) is 14.4 Å². The Balaban J connectivity index is 0.726. The van der Waals surface area contributed by atoms with E-state index in [4.69, 9.17) is 10.7 Å². The molecule has 1 unspecified atom stereocenters. The number of pyridine rings is 2. The van der Waals surface area contributed by atoms with Crippen LogP contribution in [0.5, 0.6) is 0 Å². The number of piperidine rings is 3. The van der Waals surface area contributed by atoms with Gasteiger partial charge in [0.15, 0.2) is 0 Å². The minimum absolute atomic E-state index is 0.117. The third-order valence-electron chi connectivity index (χ3n) is 14.2. The summed E-state index contributed by atoms with van der Waals surface area (Å²) in [5.74, 6) is 0.616. The van der Waals surface area contributed by atoms with E-state index in [1.807, 2.05) is 47.6 Å². The predicted octanol–water partition coefficient (Wildman–Crippen LogP) is 6.58. The van der Waals surface area contributed by atoms with Crippen molar-refractivity contribution < 1.29 is 18.8 Å². The van der Waals surface area contributed by atoms with Crippen LogP contribution < -0.4 is 21.3 Å². The summed E-state index contributed by atoms with van der Waals surface area (Å²) in [4.78, 5) is 55.6. The lowest BCUT2D eigenvalue weighted by atomic mass is 9.88. The molecule has 330 valence electrons. The maximum atomic E-state index is 15.4. The minimum atomic E-state index is -0.554. The van der Waals surface area contributed by atoms with Crippen LogP contribution in [0.3, 0.4) is 0 Å². The number of nitrogens with one attached hydrogen (secondary N) is 2. The van der Waals surface area contributed by atoms with Gasteiger partial charge in [-0.05, 0) is 137 Å². The van der Waals surface area contributed by atoms with Crippen LogP contribution in [0.25, 0.3) is 22.2 Å². The second-order valence-electron chi connectivity index (χ2n) is 18.1. The summed E-state index contributed by atoms with van der Waals surface area (Å²) < 4.78 is 17.6. The Hall–Kier alpha value is -5.86. The van der Waals surface area contributed by atoms with Gasteiger partial charge in [0.05, 0.1) is 5.69 Å². The van der Waals surface area contributed by atoms with Gasteiger partial charge in [-0.2, -0.15) is 0 Å². The van der Waals surface area contributed by atoms with Gasteiger partial charge in [-0.15, -0.1) is 0 Å². The van der Waals surface area contributed by atoms with E-state index in [0.717, 1.165) is 106 Å². The number of anilines is 3. The van der Waals surface area contributed by atoms with Crippen molar-refractivity contribution in [3.8, 4) is 11.1 Å². The van der Waals surface area contributed by atoms with Crippen molar-refractivity contribution >= 4 is 45.9 Å². The molecular weight excluding hydrogens is 796 g/mol. The number of fused-ring (bicyclic) bond motifs is 1. The number of nitrogens with zero attached hydrogens (tertiary/aromatic N) is 7. The summed E-state index contributed by atoms with van der Waals surface area (Å²) in [6.07, 6.45) is 8.43. The van der Waals surface area contributed by atoms with Crippen molar-refractivity contribution in [2.45, 2.75) is 76.4 Å². The molecule has 4 aliphatic heterocycles. The first-order valence-corrected chi connectivity index (χ1v) is 22.7. The number of aromatic nitrogens is 3. The van der Waals surface area contributed by atoms with Gasteiger partial charge in [-0.3, -0.25) is 29.5 Å². The molecule has 4 fully saturated rings. The molecule has 3 aromatic heterocycles. The first-order valence-electron chi connectivity index (χ1n) is 22.7. The van der Waals surface area contributed by atoms with Crippen LogP contribution in [0.4, 0.5) is 21.6 Å². The molecule has 9 rings (SSSR count). The molecule has 63 heavy (non-hydrogen) atoms. The molecule has 4 aliphatic rings. The van der Waals surface area contributed by atoms with Crippen molar-refractivity contribution in [3.05, 3.63) is 102 Å². The number of hydrogen-bond donors (Lipinski definition) is 3. The lowest BCUT2D eigenvalue weighted by molar-refractivity contribution is -0.133. The zero-order valence-electron chi connectivity index (χ0n) is 36.6. The summed E-state index contributed by atoms with van der Waals surface area (Å²) >= 11 is 0. The number of carbonyl (C=O) groups is 3. The zero-order valence-corrected chi connectivity index (χ0v) is 36.6. The Labute approximate surface area is 368 Å². The Bertz CT molecular complexity index is 2460. The molecule has 4 N–H and O–H groups in total. The summed E-state index contributed by atoms with van der Waals surface area (Å²) in [5.41, 5.74) is 13.4. The number of halogens is 1. The maximum Gasteiger partial charge on any atom is 0.253 e. The molecule has 0 aliphatic carbocycles. The molecule has 0 spiro atoms. The van der Waals surface area contributed by atoms with Crippen LogP contribution in [0.15, 0.2) is 79.1 Å². The number of nitrogens with two attached hydrogens (primary N) is 1. The Morgan fingerprint density at radius 1 is 0.921 bits per heavy atom. The van der Waals surface area contributed by atoms with E-state index in [2.05, 4.69) is 74.0 Å². The van der Waals surface area contributed by atoms with Gasteiger partial charge in [0.1, 0.15) is 23.3 Å². The molecule has 14 heteroatoms. The number of carbonyl (C=O) groups excluding carboxylic acids is 3. The van der Waals surface area contributed by atoms with Crippen molar-refractivity contribution in [2.24, 2.45) is 13.0 Å². The third kappa shape index (κ3) is 9.01. The maximum absolute atomic E-state index is 15.4. The zero-order chi connectivity index (χ0) is 43.8. The highest BCUT2D eigenvalue weighted by Gasteiger charge is 2.32. The van der Waals surface area contributed by atoms with Crippen LogP contribution in [0, 0.1) is 11.7 Å². The van der Waals surface area contributed by atoms with Crippen LogP contribution in [-0.2, 0) is 16.6 Å². The lowest BCUT2D eigenvalue weighted by Gasteiger charge is -2.43. The van der Waals surface area contributed by atoms with Gasteiger partial charge in [-0.1, -0.05) is 12.1 Å². The fraction of sp³-hybridized carbons (Fsp3) is 0.449. The van der Waals surface area contributed by atoms with Crippen LogP contribution in [0.1, 0.15) is 85.9 Å². The molecule has 3 amide bonds. The summed E-state index contributed by atoms with van der Waals surface area (Å²) in [7, 11) is 2.11. The number of imide groups is 1. The van der Waals surface area contributed by atoms with Crippen molar-refractivity contribution in [3.63, 3.8) is 0 Å². The second-order valence-corrected chi connectivity index (χ2v) is 18.1. The van der Waals surface area contributed by atoms with Crippen molar-refractivity contribution in [1.82, 2.24) is 34.6 Å². The van der Waals surface area contributed by atoms with E-state index < -0.39 is 6.04 Å².